The Kier molecular flexibility index (Phi) is 7.70. The lowest BCUT2D eigenvalue weighted by Gasteiger charge is -2.39. The smallest absolute Gasteiger partial charge is 0.406 e. The summed E-state index contributed by atoms with van der Waals surface area (Å²) in [6.45, 7) is 4.16. The number of likely N-dealkylation sites (tertiary alicyclic amines) is 1. The molecule has 0 bridgehead atoms. The SMILES string of the molecule is CB(O)Nc1ccc(Br)cc1NC1CCN(C2CCCCCCC2)CC1. The quantitative estimate of drug-likeness (QED) is 0.588. The molecule has 1 aliphatic heterocycles. The average molecular weight is 422 g/mol. The fraction of sp³-hybridized carbons (Fsp3) is 0.700. The third-order valence-corrected chi connectivity index (χ3v) is 6.32. The Bertz CT molecular complexity index is 556. The molecule has 0 radical (unpaired) electrons. The second-order valence-corrected chi connectivity index (χ2v) is 8.88. The van der Waals surface area contributed by atoms with E-state index in [0.717, 1.165) is 21.9 Å². The fourth-order valence-electron chi connectivity index (χ4n) is 4.42. The summed E-state index contributed by atoms with van der Waals surface area (Å²) in [6, 6.07) is 7.44. The summed E-state index contributed by atoms with van der Waals surface area (Å²) < 4.78 is 1.06. The molecule has 0 spiro atoms. The number of rotatable bonds is 5. The van der Waals surface area contributed by atoms with Crippen LogP contribution in [0, 0.1) is 0 Å². The molecule has 4 nitrogen and oxygen atoms in total. The largest absolute Gasteiger partial charge is 0.433 e. The monoisotopic (exact) mass is 421 g/mol. The summed E-state index contributed by atoms with van der Waals surface area (Å²) in [4.78, 5) is 2.75. The molecule has 26 heavy (non-hydrogen) atoms. The van der Waals surface area contributed by atoms with Gasteiger partial charge in [-0.3, -0.25) is 0 Å². The van der Waals surface area contributed by atoms with E-state index in [1.54, 1.807) is 6.82 Å². The number of nitrogens with one attached hydrogen (secondary N) is 2. The summed E-state index contributed by atoms with van der Waals surface area (Å²) in [5.74, 6) is 0. The third kappa shape index (κ3) is 5.90. The molecule has 0 amide bonds. The molecule has 1 aromatic rings. The van der Waals surface area contributed by atoms with Crippen molar-refractivity contribution in [2.45, 2.75) is 76.7 Å². The fourth-order valence-corrected chi connectivity index (χ4v) is 4.78. The topological polar surface area (TPSA) is 47.5 Å². The highest BCUT2D eigenvalue weighted by Gasteiger charge is 2.25. The van der Waals surface area contributed by atoms with Crippen LogP contribution in [0.4, 0.5) is 11.4 Å². The maximum absolute atomic E-state index is 9.67. The number of anilines is 2. The van der Waals surface area contributed by atoms with Gasteiger partial charge < -0.3 is 20.5 Å². The minimum absolute atomic E-state index is 0.503. The van der Waals surface area contributed by atoms with Crippen LogP contribution in [0.3, 0.4) is 0 Å². The molecule has 6 heteroatoms. The summed E-state index contributed by atoms with van der Waals surface area (Å²) in [5, 5.41) is 16.5. The van der Waals surface area contributed by atoms with Crippen molar-refractivity contribution in [1.29, 1.82) is 0 Å². The van der Waals surface area contributed by atoms with E-state index in [4.69, 9.17) is 0 Å². The van der Waals surface area contributed by atoms with Crippen LogP contribution in [-0.4, -0.2) is 42.1 Å². The molecule has 3 rings (SSSR count). The number of halogens is 1. The van der Waals surface area contributed by atoms with Gasteiger partial charge in [0.05, 0.1) is 5.69 Å². The second-order valence-electron chi connectivity index (χ2n) is 7.96. The van der Waals surface area contributed by atoms with Crippen molar-refractivity contribution < 1.29 is 5.02 Å². The van der Waals surface area contributed by atoms with Crippen LogP contribution in [0.2, 0.25) is 6.82 Å². The van der Waals surface area contributed by atoms with Crippen molar-refractivity contribution in [3.8, 4) is 0 Å². The maximum atomic E-state index is 9.67. The number of hydrogen-bond acceptors (Lipinski definition) is 4. The second kappa shape index (κ2) is 10.0. The zero-order valence-electron chi connectivity index (χ0n) is 16.0. The molecule has 0 atom stereocenters. The Labute approximate surface area is 167 Å². The van der Waals surface area contributed by atoms with Crippen molar-refractivity contribution >= 4 is 34.4 Å². The van der Waals surface area contributed by atoms with Crippen LogP contribution in [0.15, 0.2) is 22.7 Å². The minimum atomic E-state index is -0.558. The van der Waals surface area contributed by atoms with Gasteiger partial charge in [-0.2, -0.15) is 0 Å². The lowest BCUT2D eigenvalue weighted by Crippen LogP contribution is -2.44. The zero-order chi connectivity index (χ0) is 18.4. The molecule has 2 fully saturated rings. The van der Waals surface area contributed by atoms with Gasteiger partial charge in [0, 0.05) is 35.3 Å². The number of benzene rings is 1. The molecule has 1 saturated carbocycles. The number of hydrogen-bond donors (Lipinski definition) is 3. The Hall–Kier alpha value is -0.715. The molecule has 0 aromatic heterocycles. The molecule has 1 aromatic carbocycles. The van der Waals surface area contributed by atoms with Crippen molar-refractivity contribution in [2.75, 3.05) is 23.6 Å². The summed E-state index contributed by atoms with van der Waals surface area (Å²) in [5.41, 5.74) is 2.04. The van der Waals surface area contributed by atoms with Crippen LogP contribution in [0.1, 0.15) is 57.8 Å². The molecule has 3 N–H and O–H groups in total. The highest BCUT2D eigenvalue weighted by atomic mass is 79.9. The van der Waals surface area contributed by atoms with Crippen molar-refractivity contribution in [3.05, 3.63) is 22.7 Å². The van der Waals surface area contributed by atoms with Gasteiger partial charge in [-0.05, 0) is 50.7 Å². The Balaban J connectivity index is 1.54. The predicted octanol–water partition coefficient (Wildman–Crippen LogP) is 4.96. The molecule has 0 unspecified atom stereocenters. The zero-order valence-corrected chi connectivity index (χ0v) is 17.6. The van der Waals surface area contributed by atoms with E-state index in [2.05, 4.69) is 37.4 Å². The highest BCUT2D eigenvalue weighted by molar-refractivity contribution is 9.10. The van der Waals surface area contributed by atoms with Gasteiger partial charge in [0.1, 0.15) is 0 Å². The van der Waals surface area contributed by atoms with Gasteiger partial charge in [0.2, 0.25) is 0 Å². The van der Waals surface area contributed by atoms with Gasteiger partial charge >= 0.3 is 7.05 Å². The molecule has 144 valence electrons. The van der Waals surface area contributed by atoms with E-state index in [1.165, 1.54) is 70.9 Å². The summed E-state index contributed by atoms with van der Waals surface area (Å²) in [6.07, 6.45) is 12.3. The van der Waals surface area contributed by atoms with Crippen LogP contribution >= 0.6 is 15.9 Å². The molecular weight excluding hydrogens is 389 g/mol. The summed E-state index contributed by atoms with van der Waals surface area (Å²) >= 11 is 3.56. The maximum Gasteiger partial charge on any atom is 0.406 e. The minimum Gasteiger partial charge on any atom is -0.433 e. The van der Waals surface area contributed by atoms with Crippen LogP contribution in [0.5, 0.6) is 0 Å². The first kappa shape index (κ1) is 20.0. The summed E-state index contributed by atoms with van der Waals surface area (Å²) in [7, 11) is -0.558. The first-order valence-electron chi connectivity index (χ1n) is 10.4. The number of piperidine rings is 1. The van der Waals surface area contributed by atoms with Crippen LogP contribution in [-0.2, 0) is 0 Å². The van der Waals surface area contributed by atoms with E-state index in [9.17, 15) is 5.02 Å². The van der Waals surface area contributed by atoms with Crippen molar-refractivity contribution in [1.82, 2.24) is 4.90 Å². The van der Waals surface area contributed by atoms with Crippen molar-refractivity contribution in [2.24, 2.45) is 0 Å². The number of nitrogens with zero attached hydrogens (tertiary/aromatic N) is 1. The van der Waals surface area contributed by atoms with Gasteiger partial charge in [-0.25, -0.2) is 0 Å². The Morgan fingerprint density at radius 1 is 1.00 bits per heavy atom. The van der Waals surface area contributed by atoms with Gasteiger partial charge in [0.25, 0.3) is 0 Å². The average Bonchev–Trinajstić information content (AvgIpc) is 2.58. The van der Waals surface area contributed by atoms with E-state index >= 15 is 0 Å². The molecule has 2 aliphatic rings. The molecule has 1 aliphatic carbocycles. The Morgan fingerprint density at radius 2 is 1.65 bits per heavy atom. The predicted molar refractivity (Wildman–Crippen MR) is 116 cm³/mol. The van der Waals surface area contributed by atoms with Gasteiger partial charge in [-0.15, -0.1) is 0 Å². The Morgan fingerprint density at radius 3 is 2.31 bits per heavy atom. The molecule has 1 heterocycles. The standard InChI is InChI=1S/C20H33BBrN3O/c1-21(26)24-19-10-9-16(22)15-20(19)23-17-11-13-25(14-12-17)18-7-5-3-2-4-6-8-18/h9-10,15,17-18,23-24,26H,2-8,11-14H2,1H3. The van der Waals surface area contributed by atoms with E-state index in [0.29, 0.717) is 6.04 Å². The van der Waals surface area contributed by atoms with E-state index in [-0.39, 0.29) is 0 Å². The molecule has 1 saturated heterocycles. The van der Waals surface area contributed by atoms with E-state index in [1.807, 2.05) is 12.1 Å². The third-order valence-electron chi connectivity index (χ3n) is 5.83. The van der Waals surface area contributed by atoms with Crippen LogP contribution < -0.4 is 10.5 Å². The normalized spacial score (nSPS) is 21.0. The van der Waals surface area contributed by atoms with Gasteiger partial charge in [0.15, 0.2) is 0 Å². The highest BCUT2D eigenvalue weighted by Crippen LogP contribution is 2.30. The van der Waals surface area contributed by atoms with Gasteiger partial charge in [-0.1, -0.05) is 48.0 Å². The first-order valence-corrected chi connectivity index (χ1v) is 11.2. The van der Waals surface area contributed by atoms with Crippen LogP contribution in [0.25, 0.3) is 0 Å². The lowest BCUT2D eigenvalue weighted by atomic mass is 9.88. The van der Waals surface area contributed by atoms with Crippen molar-refractivity contribution in [3.63, 3.8) is 0 Å². The molecular formula is C20H33BBrN3O. The van der Waals surface area contributed by atoms with E-state index < -0.39 is 7.05 Å². The first-order chi connectivity index (χ1) is 12.6. The lowest BCUT2D eigenvalue weighted by molar-refractivity contribution is 0.133.